The van der Waals surface area contributed by atoms with E-state index in [1.165, 1.54) is 18.7 Å². The number of Topliss-reactive ketones (excluding diaryl/α,β-unsaturated/α-hetero) is 1. The summed E-state index contributed by atoms with van der Waals surface area (Å²) in [5.74, 6) is -0.813. The topological polar surface area (TPSA) is 102 Å². The molecule has 8 heteroatoms. The van der Waals surface area contributed by atoms with Gasteiger partial charge in [-0.15, -0.1) is 0 Å². The quantitative estimate of drug-likeness (QED) is 0.556. The highest BCUT2D eigenvalue weighted by Gasteiger charge is 2.26. The van der Waals surface area contributed by atoms with Crippen LogP contribution in [0.1, 0.15) is 30.6 Å². The molecule has 2 aromatic carbocycles. The molecule has 8 nitrogen and oxygen atoms in total. The maximum atomic E-state index is 12.5. The summed E-state index contributed by atoms with van der Waals surface area (Å²) in [4.78, 5) is 49.4. The van der Waals surface area contributed by atoms with Crippen molar-refractivity contribution in [2.75, 3.05) is 23.4 Å². The zero-order chi connectivity index (χ0) is 21.7. The minimum absolute atomic E-state index is 0.0564. The molecule has 3 rings (SSSR count). The van der Waals surface area contributed by atoms with E-state index in [2.05, 4.69) is 5.32 Å². The number of carbonyl (C=O) groups is 4. The Labute approximate surface area is 173 Å². The number of hydrogen-bond acceptors (Lipinski definition) is 6. The van der Waals surface area contributed by atoms with Crippen molar-refractivity contribution >= 4 is 34.9 Å². The van der Waals surface area contributed by atoms with Crippen LogP contribution in [0.3, 0.4) is 0 Å². The molecular weight excluding hydrogens is 388 g/mol. The summed E-state index contributed by atoms with van der Waals surface area (Å²) < 4.78 is 10.6. The first-order valence-corrected chi connectivity index (χ1v) is 9.48. The van der Waals surface area contributed by atoms with E-state index >= 15 is 0 Å². The van der Waals surface area contributed by atoms with Crippen molar-refractivity contribution in [2.24, 2.45) is 0 Å². The van der Waals surface area contributed by atoms with Crippen LogP contribution in [0.5, 0.6) is 5.75 Å². The van der Waals surface area contributed by atoms with Crippen LogP contribution in [0.2, 0.25) is 0 Å². The maximum absolute atomic E-state index is 12.5. The molecule has 2 amide bonds. The van der Waals surface area contributed by atoms with Gasteiger partial charge in [0.1, 0.15) is 5.75 Å². The largest absolute Gasteiger partial charge is 0.482 e. The van der Waals surface area contributed by atoms with E-state index in [0.29, 0.717) is 22.7 Å². The number of ether oxygens (including phenoxy) is 2. The molecule has 1 heterocycles. The number of esters is 1. The van der Waals surface area contributed by atoms with Crippen molar-refractivity contribution in [2.45, 2.75) is 26.4 Å². The van der Waals surface area contributed by atoms with Gasteiger partial charge in [0.15, 0.2) is 12.7 Å². The van der Waals surface area contributed by atoms with Crippen LogP contribution in [0.25, 0.3) is 0 Å². The van der Waals surface area contributed by atoms with Gasteiger partial charge in [-0.3, -0.25) is 19.2 Å². The lowest BCUT2D eigenvalue weighted by Gasteiger charge is -2.29. The van der Waals surface area contributed by atoms with E-state index in [1.807, 2.05) is 0 Å². The van der Waals surface area contributed by atoms with Crippen LogP contribution in [0.4, 0.5) is 11.4 Å². The van der Waals surface area contributed by atoms with E-state index in [4.69, 9.17) is 9.47 Å². The first kappa shape index (κ1) is 21.0. The molecule has 0 bridgehead atoms. The highest BCUT2D eigenvalue weighted by atomic mass is 16.5. The van der Waals surface area contributed by atoms with E-state index in [1.54, 1.807) is 48.5 Å². The Bertz CT molecular complexity index is 970. The van der Waals surface area contributed by atoms with Gasteiger partial charge in [-0.25, -0.2) is 0 Å². The number of rotatable bonds is 7. The lowest BCUT2D eigenvalue weighted by Crippen LogP contribution is -2.40. The van der Waals surface area contributed by atoms with Crippen LogP contribution in [0, 0.1) is 0 Å². The zero-order valence-electron chi connectivity index (χ0n) is 16.7. The third kappa shape index (κ3) is 5.02. The average Bonchev–Trinajstić information content (AvgIpc) is 2.72. The van der Waals surface area contributed by atoms with Crippen LogP contribution in [-0.4, -0.2) is 42.8 Å². The van der Waals surface area contributed by atoms with Crippen LogP contribution >= 0.6 is 0 Å². The molecule has 0 aromatic heterocycles. The van der Waals surface area contributed by atoms with Gasteiger partial charge >= 0.3 is 5.97 Å². The Kier molecular flexibility index (Phi) is 6.46. The summed E-state index contributed by atoms with van der Waals surface area (Å²) in [5, 5.41) is 2.61. The lowest BCUT2D eigenvalue weighted by molar-refractivity contribution is -0.146. The number of hydrogen-bond donors (Lipinski definition) is 1. The Morgan fingerprint density at radius 1 is 1.13 bits per heavy atom. The van der Waals surface area contributed by atoms with Crippen molar-refractivity contribution < 1.29 is 28.7 Å². The standard InChI is InChI=1S/C22H22N2O6/c1-14(22(28)16-7-9-17(10-8-16)23-15(2)25)30-21(27)11-12-24-18-5-3-4-6-19(18)29-13-20(24)26/h3-10,14H,11-13H2,1-2H3,(H,23,25)/t14-/m1/s1. The monoisotopic (exact) mass is 410 g/mol. The first-order chi connectivity index (χ1) is 14.3. The summed E-state index contributed by atoms with van der Waals surface area (Å²) in [6, 6.07) is 13.4. The molecule has 156 valence electrons. The van der Waals surface area contributed by atoms with E-state index in [0.717, 1.165) is 0 Å². The van der Waals surface area contributed by atoms with Crippen molar-refractivity contribution in [1.82, 2.24) is 0 Å². The van der Waals surface area contributed by atoms with Gasteiger partial charge in [0.25, 0.3) is 5.91 Å². The normalized spacial score (nSPS) is 13.7. The molecule has 0 aliphatic carbocycles. The van der Waals surface area contributed by atoms with Crippen molar-refractivity contribution in [3.05, 3.63) is 54.1 Å². The van der Waals surface area contributed by atoms with Gasteiger partial charge in [-0.05, 0) is 43.3 Å². The molecule has 1 aliphatic heterocycles. The van der Waals surface area contributed by atoms with Crippen molar-refractivity contribution in [3.63, 3.8) is 0 Å². The summed E-state index contributed by atoms with van der Waals surface area (Å²) in [5.41, 5.74) is 1.53. The van der Waals surface area contributed by atoms with E-state index in [9.17, 15) is 19.2 Å². The number of nitrogens with zero attached hydrogens (tertiary/aromatic N) is 1. The molecule has 1 aliphatic rings. The fourth-order valence-electron chi connectivity index (χ4n) is 3.07. The molecule has 1 N–H and O–H groups in total. The lowest BCUT2D eigenvalue weighted by atomic mass is 10.1. The molecule has 0 unspecified atom stereocenters. The Morgan fingerprint density at radius 2 is 1.83 bits per heavy atom. The SMILES string of the molecule is CC(=O)Nc1ccc(C(=O)[C@@H](C)OC(=O)CCN2C(=O)COc3ccccc32)cc1. The summed E-state index contributed by atoms with van der Waals surface area (Å²) >= 11 is 0. The molecule has 1 atom stereocenters. The Morgan fingerprint density at radius 3 is 2.53 bits per heavy atom. The maximum Gasteiger partial charge on any atom is 0.308 e. The minimum atomic E-state index is -0.975. The molecule has 0 saturated heterocycles. The number of fused-ring (bicyclic) bond motifs is 1. The van der Waals surface area contributed by atoms with Gasteiger partial charge in [-0.2, -0.15) is 0 Å². The Balaban J connectivity index is 1.55. The summed E-state index contributed by atoms with van der Waals surface area (Å²) in [7, 11) is 0. The van der Waals surface area contributed by atoms with E-state index in [-0.39, 0.29) is 37.2 Å². The highest BCUT2D eigenvalue weighted by molar-refractivity contribution is 6.01. The number of amides is 2. The highest BCUT2D eigenvalue weighted by Crippen LogP contribution is 2.31. The molecular formula is C22H22N2O6. The second-order valence-electron chi connectivity index (χ2n) is 6.81. The number of benzene rings is 2. The van der Waals surface area contributed by atoms with Gasteiger partial charge in [0, 0.05) is 24.7 Å². The van der Waals surface area contributed by atoms with Crippen molar-refractivity contribution in [3.8, 4) is 5.75 Å². The van der Waals surface area contributed by atoms with Gasteiger partial charge in [0.05, 0.1) is 12.1 Å². The van der Waals surface area contributed by atoms with Gasteiger partial charge in [-0.1, -0.05) is 12.1 Å². The average molecular weight is 410 g/mol. The van der Waals surface area contributed by atoms with Gasteiger partial charge < -0.3 is 19.7 Å². The molecule has 30 heavy (non-hydrogen) atoms. The molecule has 0 spiro atoms. The van der Waals surface area contributed by atoms with Crippen LogP contribution < -0.4 is 15.0 Å². The second kappa shape index (κ2) is 9.21. The number of nitrogens with one attached hydrogen (secondary N) is 1. The molecule has 0 fully saturated rings. The smallest absolute Gasteiger partial charge is 0.308 e. The van der Waals surface area contributed by atoms with Crippen molar-refractivity contribution in [1.29, 1.82) is 0 Å². The number of carbonyl (C=O) groups excluding carboxylic acids is 4. The Hall–Kier alpha value is -3.68. The fourth-order valence-corrected chi connectivity index (χ4v) is 3.07. The molecule has 0 radical (unpaired) electrons. The molecule has 0 saturated carbocycles. The zero-order valence-corrected chi connectivity index (χ0v) is 16.7. The van der Waals surface area contributed by atoms with E-state index < -0.39 is 12.1 Å². The third-order valence-electron chi connectivity index (χ3n) is 4.52. The molecule has 2 aromatic rings. The second-order valence-corrected chi connectivity index (χ2v) is 6.81. The summed E-state index contributed by atoms with van der Waals surface area (Å²) in [6.07, 6.45) is -1.03. The fraction of sp³-hybridized carbons (Fsp3) is 0.273. The van der Waals surface area contributed by atoms with Gasteiger partial charge in [0.2, 0.25) is 11.7 Å². The number of anilines is 2. The third-order valence-corrected chi connectivity index (χ3v) is 4.52. The first-order valence-electron chi connectivity index (χ1n) is 9.48. The summed E-state index contributed by atoms with van der Waals surface area (Å²) in [6.45, 7) is 2.93. The number of para-hydroxylation sites is 2. The van der Waals surface area contributed by atoms with Crippen LogP contribution in [-0.2, 0) is 19.1 Å². The predicted octanol–water partition coefficient (Wildman–Crippen LogP) is 2.58. The van der Waals surface area contributed by atoms with Crippen LogP contribution in [0.15, 0.2) is 48.5 Å². The minimum Gasteiger partial charge on any atom is -0.482 e. The predicted molar refractivity (Wildman–Crippen MR) is 110 cm³/mol. The number of ketones is 1.